The highest BCUT2D eigenvalue weighted by atomic mass is 16.6. The number of esters is 6. The standard InChI is InChI=1S/2C20H26O2.2C19H24O2.C16H24O2.C15H22O2/c1-6-19(3,4)18(21)22-20(5,7-2)17-14-10-12-15-11-8-9-13-16(15)17;1-6-19(3,4)18(21)22-20(5,7-2)17-13-12-15-10-8-9-11-16(15)14-17;1-6-18(2,3)17(20)21-19(4,5)16-13-9-11-14-10-7-8-12-15(14)16;1-6-18(2,3)17(20)21-19(4,5)16-12-11-14-9-7-8-10-15(14)13-16;1-6-15(3,4)14(17)18-16(5,7-2)13-11-9-8-10-12-13;1-6-14(2,3)13(16)17-15(4,5)12-10-8-7-9-11-12/h2*8-14H,6-7H2,1-5H3;2*7-13H,6H2,1-5H3;8-12H,6-7H2,1-5H3;7-11H,6H2,1-5H3. The van der Waals surface area contributed by atoms with Gasteiger partial charge >= 0.3 is 35.8 Å². The fourth-order valence-corrected chi connectivity index (χ4v) is 12.3. The Hall–Kier alpha value is -9.94. The van der Waals surface area contributed by atoms with Crippen molar-refractivity contribution in [2.24, 2.45) is 32.5 Å². The predicted molar refractivity (Wildman–Crippen MR) is 502 cm³/mol. The van der Waals surface area contributed by atoms with Crippen LogP contribution in [0.5, 0.6) is 0 Å². The zero-order valence-corrected chi connectivity index (χ0v) is 79.2. The molecule has 3 atom stereocenters. The fraction of sp³-hybridized carbons (Fsp3) is 0.468. The molecule has 10 rings (SSSR count). The molecule has 10 aromatic carbocycles. The smallest absolute Gasteiger partial charge is 0.312 e. The molecular weight excluding hydrogens is 1500 g/mol. The third kappa shape index (κ3) is 27.3. The molecule has 0 aliphatic heterocycles. The lowest BCUT2D eigenvalue weighted by Crippen LogP contribution is -2.35. The van der Waals surface area contributed by atoms with Gasteiger partial charge in [-0.2, -0.15) is 0 Å². The van der Waals surface area contributed by atoms with E-state index in [2.05, 4.69) is 111 Å². The van der Waals surface area contributed by atoms with Crippen LogP contribution in [0.3, 0.4) is 0 Å². The highest BCUT2D eigenvalue weighted by molar-refractivity contribution is 5.89. The first kappa shape index (κ1) is 102. The quantitative estimate of drug-likeness (QED) is 0.0355. The molecule has 121 heavy (non-hydrogen) atoms. The summed E-state index contributed by atoms with van der Waals surface area (Å²) in [5, 5.41) is 9.34. The van der Waals surface area contributed by atoms with Gasteiger partial charge in [-0.15, -0.1) is 0 Å². The highest BCUT2D eigenvalue weighted by Gasteiger charge is 2.41. The van der Waals surface area contributed by atoms with Gasteiger partial charge in [0.2, 0.25) is 0 Å². The van der Waals surface area contributed by atoms with Gasteiger partial charge in [0.05, 0.1) is 32.5 Å². The fourth-order valence-electron chi connectivity index (χ4n) is 12.3. The minimum absolute atomic E-state index is 0.127. The Morgan fingerprint density at radius 3 is 0.802 bits per heavy atom. The summed E-state index contributed by atoms with van der Waals surface area (Å²) in [6, 6.07) is 77.4. The molecule has 0 aromatic heterocycles. The van der Waals surface area contributed by atoms with E-state index in [0.717, 1.165) is 113 Å². The van der Waals surface area contributed by atoms with Gasteiger partial charge in [-0.1, -0.05) is 281 Å². The minimum atomic E-state index is -0.648. The van der Waals surface area contributed by atoms with Crippen molar-refractivity contribution in [2.75, 3.05) is 0 Å². The van der Waals surface area contributed by atoms with Crippen LogP contribution < -0.4 is 0 Å². The minimum Gasteiger partial charge on any atom is -0.454 e. The van der Waals surface area contributed by atoms with E-state index in [1.807, 2.05) is 327 Å². The summed E-state index contributed by atoms with van der Waals surface area (Å²) in [5.74, 6) is -0.835. The van der Waals surface area contributed by atoms with Gasteiger partial charge in [0.15, 0.2) is 0 Å². The monoisotopic (exact) mass is 1650 g/mol. The number of hydrogen-bond acceptors (Lipinski definition) is 12. The van der Waals surface area contributed by atoms with E-state index < -0.39 is 66.1 Å². The molecule has 0 fully saturated rings. The topological polar surface area (TPSA) is 158 Å². The summed E-state index contributed by atoms with van der Waals surface area (Å²) in [6.45, 7) is 59.0. The van der Waals surface area contributed by atoms with E-state index in [1.54, 1.807) is 0 Å². The first-order valence-electron chi connectivity index (χ1n) is 43.8. The molecule has 3 unspecified atom stereocenters. The summed E-state index contributed by atoms with van der Waals surface area (Å²) in [7, 11) is 0. The van der Waals surface area contributed by atoms with Crippen LogP contribution >= 0.6 is 0 Å². The van der Waals surface area contributed by atoms with Crippen molar-refractivity contribution in [3.05, 3.63) is 264 Å². The van der Waals surface area contributed by atoms with Crippen LogP contribution in [-0.2, 0) is 90.8 Å². The van der Waals surface area contributed by atoms with E-state index in [0.29, 0.717) is 0 Å². The second-order valence-electron chi connectivity index (χ2n) is 38.0. The van der Waals surface area contributed by atoms with Crippen molar-refractivity contribution < 1.29 is 57.2 Å². The summed E-state index contributed by atoms with van der Waals surface area (Å²) in [4.78, 5) is 74.1. The molecular formula is C109H146O12. The molecule has 0 aliphatic rings. The zero-order valence-electron chi connectivity index (χ0n) is 79.2. The lowest BCUT2D eigenvalue weighted by atomic mass is 9.86. The molecule has 654 valence electrons. The molecule has 0 N–H and O–H groups in total. The maximum absolute atomic E-state index is 12.6. The Kier molecular flexibility index (Phi) is 35.9. The van der Waals surface area contributed by atoms with Gasteiger partial charge in [0.25, 0.3) is 0 Å². The van der Waals surface area contributed by atoms with Crippen molar-refractivity contribution in [3.63, 3.8) is 0 Å². The lowest BCUT2D eigenvalue weighted by Gasteiger charge is -2.34. The molecule has 12 nitrogen and oxygen atoms in total. The largest absolute Gasteiger partial charge is 0.454 e. The molecule has 10 aromatic rings. The van der Waals surface area contributed by atoms with Gasteiger partial charge in [0, 0.05) is 11.1 Å². The lowest BCUT2D eigenvalue weighted by molar-refractivity contribution is -0.171. The Bertz CT molecular complexity index is 5010. The van der Waals surface area contributed by atoms with Crippen LogP contribution in [0.15, 0.2) is 231 Å². The second kappa shape index (κ2) is 42.7. The third-order valence-corrected chi connectivity index (χ3v) is 25.1. The molecule has 0 amide bonds. The van der Waals surface area contributed by atoms with Crippen molar-refractivity contribution >= 4 is 78.9 Å². The maximum atomic E-state index is 12.6. The van der Waals surface area contributed by atoms with Gasteiger partial charge in [0.1, 0.15) is 33.6 Å². The normalized spacial score (nSPS) is 13.6. The van der Waals surface area contributed by atoms with Crippen molar-refractivity contribution in [1.82, 2.24) is 0 Å². The van der Waals surface area contributed by atoms with E-state index >= 15 is 0 Å². The number of hydrogen-bond donors (Lipinski definition) is 0. The van der Waals surface area contributed by atoms with E-state index in [4.69, 9.17) is 28.4 Å². The molecule has 0 aliphatic carbocycles. The molecule has 0 spiro atoms. The van der Waals surface area contributed by atoms with Gasteiger partial charge in [-0.3, -0.25) is 28.8 Å². The third-order valence-electron chi connectivity index (χ3n) is 25.1. The van der Waals surface area contributed by atoms with Crippen molar-refractivity contribution in [3.8, 4) is 0 Å². The van der Waals surface area contributed by atoms with Crippen LogP contribution in [0.2, 0.25) is 0 Å². The molecule has 0 radical (unpaired) electrons. The van der Waals surface area contributed by atoms with Crippen LogP contribution in [0, 0.1) is 32.5 Å². The molecule has 0 bridgehead atoms. The summed E-state index contributed by atoms with van der Waals surface area (Å²) < 4.78 is 35.0. The highest BCUT2D eigenvalue weighted by Crippen LogP contribution is 2.42. The Labute approximate surface area is 727 Å². The van der Waals surface area contributed by atoms with Crippen molar-refractivity contribution in [1.29, 1.82) is 0 Å². The zero-order chi connectivity index (χ0) is 91.0. The summed E-state index contributed by atoms with van der Waals surface area (Å²) >= 11 is 0. The number of benzene rings is 10. The summed E-state index contributed by atoms with van der Waals surface area (Å²) in [5.41, 5.74) is -0.00917. The van der Waals surface area contributed by atoms with Gasteiger partial charge in [-0.25, -0.2) is 0 Å². The average molecular weight is 1650 g/mol. The van der Waals surface area contributed by atoms with Gasteiger partial charge < -0.3 is 28.4 Å². The van der Waals surface area contributed by atoms with Crippen LogP contribution in [0.25, 0.3) is 43.1 Å². The van der Waals surface area contributed by atoms with E-state index in [9.17, 15) is 28.8 Å². The first-order chi connectivity index (χ1) is 56.3. The molecule has 0 heterocycles. The number of fused-ring (bicyclic) bond motifs is 4. The molecule has 12 heteroatoms. The Morgan fingerprint density at radius 2 is 0.446 bits per heavy atom. The molecule has 0 saturated heterocycles. The number of ether oxygens (including phenoxy) is 6. The number of carbonyl (C=O) groups excluding carboxylic acids is 6. The predicted octanol–water partition coefficient (Wildman–Crippen LogP) is 29.2. The van der Waals surface area contributed by atoms with Gasteiger partial charge in [-0.05, 0) is 281 Å². The maximum Gasteiger partial charge on any atom is 0.312 e. The Balaban J connectivity index is 0.000000259. The van der Waals surface area contributed by atoms with E-state index in [1.165, 1.54) is 21.5 Å². The SMILES string of the molecule is CCC(C)(C)C(=O)OC(C)(C)c1ccc2ccccc2c1.CCC(C)(C)C(=O)OC(C)(C)c1cccc2ccccc12.CCC(C)(C)C(=O)OC(C)(C)c1ccccc1.CCC(C)(C)C(=O)OC(C)(CC)c1ccc2ccccc2c1.CCC(C)(C)C(=O)OC(C)(CC)c1cccc2ccccc12.CCC(C)(C)C(=O)OC(C)(CC)c1ccccc1. The number of carbonyl (C=O) groups is 6. The average Bonchev–Trinajstić information content (AvgIpc) is 0.785. The van der Waals surface area contributed by atoms with Crippen molar-refractivity contribution in [2.45, 2.75) is 299 Å². The molecule has 0 saturated carbocycles. The second-order valence-corrected chi connectivity index (χ2v) is 38.0. The van der Waals surface area contributed by atoms with E-state index in [-0.39, 0.29) is 35.8 Å². The van der Waals surface area contributed by atoms with Crippen LogP contribution in [0.1, 0.15) is 299 Å². The van der Waals surface area contributed by atoms with Crippen LogP contribution in [0.4, 0.5) is 0 Å². The van der Waals surface area contributed by atoms with Crippen LogP contribution in [-0.4, -0.2) is 35.8 Å². The number of rotatable bonds is 27. The Morgan fingerprint density at radius 1 is 0.198 bits per heavy atom. The first-order valence-corrected chi connectivity index (χ1v) is 43.8. The summed E-state index contributed by atoms with van der Waals surface area (Å²) in [6.07, 6.45) is 6.87.